The highest BCUT2D eigenvalue weighted by Gasteiger charge is 2.25. The van der Waals surface area contributed by atoms with Crippen molar-refractivity contribution in [1.29, 1.82) is 0 Å². The smallest absolute Gasteiger partial charge is 0.213 e. The molecule has 1 aliphatic rings. The molecule has 19 heavy (non-hydrogen) atoms. The number of aliphatic hydroxyl groups is 1. The molecule has 1 N–H and O–H groups in total. The van der Waals surface area contributed by atoms with E-state index in [9.17, 15) is 5.11 Å². The second-order valence-corrected chi connectivity index (χ2v) is 5.27. The van der Waals surface area contributed by atoms with Gasteiger partial charge in [0.25, 0.3) is 0 Å². The summed E-state index contributed by atoms with van der Waals surface area (Å²) in [6.45, 7) is 3.75. The van der Waals surface area contributed by atoms with Gasteiger partial charge in [-0.25, -0.2) is 4.98 Å². The lowest BCUT2D eigenvalue weighted by atomic mass is 10.2. The van der Waals surface area contributed by atoms with Crippen molar-refractivity contribution in [2.75, 3.05) is 20.2 Å². The Balaban J connectivity index is 1.88. The van der Waals surface area contributed by atoms with Crippen LogP contribution in [0.15, 0.2) is 12.1 Å². The standard InChI is InChI=1S/C15H24N2O2/c1-3-4-13-9-12(11-18)10-15(16-13)19-8-7-17(2)14-5-6-14/h9-10,14,18H,3-8,11H2,1-2H3. The largest absolute Gasteiger partial charge is 0.476 e. The van der Waals surface area contributed by atoms with E-state index < -0.39 is 0 Å². The van der Waals surface area contributed by atoms with Crippen molar-refractivity contribution >= 4 is 0 Å². The topological polar surface area (TPSA) is 45.6 Å². The van der Waals surface area contributed by atoms with E-state index >= 15 is 0 Å². The molecule has 0 saturated heterocycles. The molecule has 0 radical (unpaired) electrons. The average Bonchev–Trinajstić information content (AvgIpc) is 3.23. The lowest BCUT2D eigenvalue weighted by Gasteiger charge is -2.16. The first-order valence-electron chi connectivity index (χ1n) is 7.16. The second kappa shape index (κ2) is 6.87. The molecule has 0 aromatic carbocycles. The van der Waals surface area contributed by atoms with Gasteiger partial charge in [-0.1, -0.05) is 13.3 Å². The zero-order valence-electron chi connectivity index (χ0n) is 11.9. The summed E-state index contributed by atoms with van der Waals surface area (Å²) in [6, 6.07) is 4.54. The van der Waals surface area contributed by atoms with Gasteiger partial charge in [0, 0.05) is 24.3 Å². The van der Waals surface area contributed by atoms with Crippen LogP contribution in [0, 0.1) is 0 Å². The van der Waals surface area contributed by atoms with Crippen LogP contribution in [-0.4, -0.2) is 41.2 Å². The monoisotopic (exact) mass is 264 g/mol. The maximum atomic E-state index is 9.26. The first-order valence-corrected chi connectivity index (χ1v) is 7.16. The van der Waals surface area contributed by atoms with E-state index in [0.717, 1.165) is 36.7 Å². The molecule has 1 heterocycles. The second-order valence-electron chi connectivity index (χ2n) is 5.27. The van der Waals surface area contributed by atoms with Crippen LogP contribution in [0.4, 0.5) is 0 Å². The van der Waals surface area contributed by atoms with Crippen molar-refractivity contribution in [3.05, 3.63) is 23.4 Å². The van der Waals surface area contributed by atoms with Crippen LogP contribution in [0.2, 0.25) is 0 Å². The number of likely N-dealkylation sites (N-methyl/N-ethyl adjacent to an activating group) is 1. The van der Waals surface area contributed by atoms with Gasteiger partial charge in [-0.2, -0.15) is 0 Å². The molecule has 1 aliphatic carbocycles. The van der Waals surface area contributed by atoms with Crippen molar-refractivity contribution in [2.45, 2.75) is 45.3 Å². The molecule has 0 unspecified atom stereocenters. The lowest BCUT2D eigenvalue weighted by Crippen LogP contribution is -2.26. The van der Waals surface area contributed by atoms with Crippen LogP contribution >= 0.6 is 0 Å². The van der Waals surface area contributed by atoms with Gasteiger partial charge in [0.05, 0.1) is 6.61 Å². The number of aryl methyl sites for hydroxylation is 1. The van der Waals surface area contributed by atoms with E-state index in [-0.39, 0.29) is 6.61 Å². The highest BCUT2D eigenvalue weighted by atomic mass is 16.5. The van der Waals surface area contributed by atoms with Crippen molar-refractivity contribution in [3.63, 3.8) is 0 Å². The van der Waals surface area contributed by atoms with Crippen molar-refractivity contribution < 1.29 is 9.84 Å². The van der Waals surface area contributed by atoms with Crippen LogP contribution in [0.5, 0.6) is 5.88 Å². The molecule has 0 atom stereocenters. The zero-order valence-corrected chi connectivity index (χ0v) is 11.9. The SMILES string of the molecule is CCCc1cc(CO)cc(OCCN(C)C2CC2)n1. The van der Waals surface area contributed by atoms with Gasteiger partial charge in [0.15, 0.2) is 0 Å². The van der Waals surface area contributed by atoms with Crippen LogP contribution < -0.4 is 4.74 Å². The van der Waals surface area contributed by atoms with Gasteiger partial charge in [-0.3, -0.25) is 0 Å². The predicted octanol–water partition coefficient (Wildman–Crippen LogP) is 2.00. The minimum Gasteiger partial charge on any atom is -0.476 e. The Bertz CT molecular complexity index is 405. The number of hydrogen-bond donors (Lipinski definition) is 1. The Hall–Kier alpha value is -1.13. The summed E-state index contributed by atoms with van der Waals surface area (Å²) >= 11 is 0. The first kappa shape index (κ1) is 14.3. The highest BCUT2D eigenvalue weighted by molar-refractivity contribution is 5.24. The Morgan fingerprint density at radius 3 is 2.84 bits per heavy atom. The summed E-state index contributed by atoms with van der Waals surface area (Å²) in [7, 11) is 2.14. The minimum absolute atomic E-state index is 0.0393. The fourth-order valence-corrected chi connectivity index (χ4v) is 2.16. The molecular formula is C15H24N2O2. The number of rotatable bonds is 8. The summed E-state index contributed by atoms with van der Waals surface area (Å²) < 4.78 is 5.72. The Morgan fingerprint density at radius 2 is 2.21 bits per heavy atom. The molecule has 2 rings (SSSR count). The molecule has 1 aromatic heterocycles. The van der Waals surface area contributed by atoms with E-state index in [1.54, 1.807) is 0 Å². The van der Waals surface area contributed by atoms with Crippen LogP contribution in [-0.2, 0) is 13.0 Å². The van der Waals surface area contributed by atoms with Crippen LogP contribution in [0.1, 0.15) is 37.4 Å². The molecular weight excluding hydrogens is 240 g/mol. The number of nitrogens with zero attached hydrogens (tertiary/aromatic N) is 2. The molecule has 0 spiro atoms. The molecule has 0 aliphatic heterocycles. The first-order chi connectivity index (χ1) is 9.22. The maximum absolute atomic E-state index is 9.26. The van der Waals surface area contributed by atoms with Gasteiger partial charge in [0.2, 0.25) is 5.88 Å². The maximum Gasteiger partial charge on any atom is 0.213 e. The number of hydrogen-bond acceptors (Lipinski definition) is 4. The molecule has 4 nitrogen and oxygen atoms in total. The van der Waals surface area contributed by atoms with E-state index in [1.165, 1.54) is 12.8 Å². The third-order valence-corrected chi connectivity index (χ3v) is 3.47. The fourth-order valence-electron chi connectivity index (χ4n) is 2.16. The molecule has 1 saturated carbocycles. The third kappa shape index (κ3) is 4.48. The molecule has 0 amide bonds. The van der Waals surface area contributed by atoms with Crippen molar-refractivity contribution in [2.24, 2.45) is 0 Å². The van der Waals surface area contributed by atoms with Gasteiger partial charge in [-0.05, 0) is 37.9 Å². The van der Waals surface area contributed by atoms with E-state index in [2.05, 4.69) is 23.9 Å². The number of aliphatic hydroxyl groups excluding tert-OH is 1. The molecule has 4 heteroatoms. The Kier molecular flexibility index (Phi) is 5.16. The van der Waals surface area contributed by atoms with Crippen LogP contribution in [0.3, 0.4) is 0 Å². The normalized spacial score (nSPS) is 14.9. The molecule has 106 valence electrons. The van der Waals surface area contributed by atoms with E-state index in [0.29, 0.717) is 12.5 Å². The predicted molar refractivity (Wildman–Crippen MR) is 75.3 cm³/mol. The fraction of sp³-hybridized carbons (Fsp3) is 0.667. The zero-order chi connectivity index (χ0) is 13.7. The van der Waals surface area contributed by atoms with Crippen LogP contribution in [0.25, 0.3) is 0 Å². The van der Waals surface area contributed by atoms with E-state index in [1.807, 2.05) is 12.1 Å². The third-order valence-electron chi connectivity index (χ3n) is 3.47. The number of aromatic nitrogens is 1. The van der Waals surface area contributed by atoms with E-state index in [4.69, 9.17) is 4.74 Å². The minimum atomic E-state index is 0.0393. The summed E-state index contributed by atoms with van der Waals surface area (Å²) in [4.78, 5) is 6.81. The number of ether oxygens (including phenoxy) is 1. The van der Waals surface area contributed by atoms with Crippen molar-refractivity contribution in [1.82, 2.24) is 9.88 Å². The summed E-state index contributed by atoms with van der Waals surface area (Å²) in [5, 5.41) is 9.26. The summed E-state index contributed by atoms with van der Waals surface area (Å²) in [5.41, 5.74) is 1.88. The van der Waals surface area contributed by atoms with Gasteiger partial charge >= 0.3 is 0 Å². The van der Waals surface area contributed by atoms with Crippen molar-refractivity contribution in [3.8, 4) is 5.88 Å². The summed E-state index contributed by atoms with van der Waals surface area (Å²) in [5.74, 6) is 0.638. The highest BCUT2D eigenvalue weighted by Crippen LogP contribution is 2.24. The quantitative estimate of drug-likeness (QED) is 0.780. The molecule has 1 fully saturated rings. The lowest BCUT2D eigenvalue weighted by molar-refractivity contribution is 0.225. The summed E-state index contributed by atoms with van der Waals surface area (Å²) in [6.07, 6.45) is 4.60. The Morgan fingerprint density at radius 1 is 1.42 bits per heavy atom. The van der Waals surface area contributed by atoms with Gasteiger partial charge < -0.3 is 14.7 Å². The van der Waals surface area contributed by atoms with Gasteiger partial charge in [0.1, 0.15) is 6.61 Å². The Labute approximate surface area is 115 Å². The molecule has 1 aromatic rings. The van der Waals surface area contributed by atoms with Gasteiger partial charge in [-0.15, -0.1) is 0 Å². The average molecular weight is 264 g/mol. The number of pyridine rings is 1. The molecule has 0 bridgehead atoms.